The van der Waals surface area contributed by atoms with E-state index in [4.69, 9.17) is 4.74 Å². The molecule has 1 aliphatic rings. The van der Waals surface area contributed by atoms with E-state index in [-0.39, 0.29) is 6.61 Å². The smallest absolute Gasteiger partial charge is 0.442 e. The van der Waals surface area contributed by atoms with Crippen LogP contribution in [0.2, 0.25) is 0 Å². The molecular formula is C16H16N2O3S. The third-order valence-corrected chi connectivity index (χ3v) is 5.60. The highest BCUT2D eigenvalue weighted by molar-refractivity contribution is 7.94. The minimum atomic E-state index is -2.77. The van der Waals surface area contributed by atoms with Gasteiger partial charge in [-0.25, -0.2) is 9.00 Å². The molecule has 1 aliphatic heterocycles. The molecule has 0 aliphatic carbocycles. The van der Waals surface area contributed by atoms with E-state index in [1.807, 2.05) is 42.5 Å². The van der Waals surface area contributed by atoms with Crippen LogP contribution in [0.4, 0.5) is 10.5 Å². The highest BCUT2D eigenvalue weighted by Gasteiger charge is 2.23. The lowest BCUT2D eigenvalue weighted by atomic mass is 10.2. The predicted octanol–water partition coefficient (Wildman–Crippen LogP) is 3.28. The Kier molecular flexibility index (Phi) is 4.11. The van der Waals surface area contributed by atoms with Gasteiger partial charge < -0.3 is 10.1 Å². The maximum absolute atomic E-state index is 12.9. The van der Waals surface area contributed by atoms with Gasteiger partial charge in [0.2, 0.25) is 0 Å². The van der Waals surface area contributed by atoms with Gasteiger partial charge in [0.05, 0.1) is 26.1 Å². The third kappa shape index (κ3) is 3.12. The highest BCUT2D eigenvalue weighted by atomic mass is 32.2. The lowest BCUT2D eigenvalue weighted by molar-refractivity contribution is 0.151. The van der Waals surface area contributed by atoms with E-state index in [2.05, 4.69) is 9.68 Å². The summed E-state index contributed by atoms with van der Waals surface area (Å²) in [4.78, 5) is 12.5. The molecule has 1 unspecified atom stereocenters. The first-order valence-electron chi connectivity index (χ1n) is 6.96. The van der Waals surface area contributed by atoms with Crippen LogP contribution in [-0.4, -0.2) is 22.6 Å². The van der Waals surface area contributed by atoms with E-state index in [9.17, 15) is 9.00 Å². The van der Waals surface area contributed by atoms with E-state index in [0.717, 1.165) is 11.3 Å². The third-order valence-electron chi connectivity index (χ3n) is 3.35. The molecule has 0 saturated heterocycles. The number of nitrogens with zero attached hydrogens (tertiary/aromatic N) is 1. The first-order chi connectivity index (χ1) is 10.7. The average Bonchev–Trinajstić information content (AvgIpc) is 2.54. The Balaban J connectivity index is 1.80. The summed E-state index contributed by atoms with van der Waals surface area (Å²) in [6, 6.07) is 16.5. The highest BCUT2D eigenvalue weighted by Crippen LogP contribution is 2.27. The Morgan fingerprint density at radius 2 is 1.86 bits per heavy atom. The largest absolute Gasteiger partial charge is 0.443 e. The van der Waals surface area contributed by atoms with Crippen molar-refractivity contribution in [1.29, 1.82) is 0 Å². The van der Waals surface area contributed by atoms with Gasteiger partial charge in [0.1, 0.15) is 6.61 Å². The lowest BCUT2D eigenvalue weighted by Crippen LogP contribution is -2.24. The van der Waals surface area contributed by atoms with Crippen molar-refractivity contribution in [2.75, 3.05) is 17.6 Å². The number of hydrogen-bond acceptors (Lipinski definition) is 4. The van der Waals surface area contributed by atoms with Crippen molar-refractivity contribution in [1.82, 2.24) is 0 Å². The van der Waals surface area contributed by atoms with Crippen LogP contribution in [0.3, 0.4) is 0 Å². The summed E-state index contributed by atoms with van der Waals surface area (Å²) in [5.41, 5.74) is 1.63. The van der Waals surface area contributed by atoms with Crippen LogP contribution in [0.15, 0.2) is 63.9 Å². The van der Waals surface area contributed by atoms with Crippen molar-refractivity contribution in [2.45, 2.75) is 11.5 Å². The zero-order valence-electron chi connectivity index (χ0n) is 11.9. The molecule has 2 aromatic carbocycles. The molecule has 0 saturated carbocycles. The summed E-state index contributed by atoms with van der Waals surface area (Å²) < 4.78 is 21.9. The van der Waals surface area contributed by atoms with E-state index in [1.54, 1.807) is 12.1 Å². The van der Waals surface area contributed by atoms with Crippen molar-refractivity contribution in [3.8, 4) is 0 Å². The number of amides is 1. The normalized spacial score (nSPS) is 19.6. The molecule has 2 aromatic rings. The van der Waals surface area contributed by atoms with Gasteiger partial charge in [-0.15, -0.1) is 4.36 Å². The fourth-order valence-electron chi connectivity index (χ4n) is 2.29. The van der Waals surface area contributed by atoms with Crippen LogP contribution in [0, 0.1) is 0 Å². The Bertz CT molecular complexity index is 796. The molecule has 0 spiro atoms. The maximum Gasteiger partial charge on any atom is 0.442 e. The van der Waals surface area contributed by atoms with Crippen LogP contribution in [0.5, 0.6) is 0 Å². The van der Waals surface area contributed by atoms with Crippen molar-refractivity contribution in [2.24, 2.45) is 4.36 Å². The molecule has 114 valence electrons. The SMILES string of the molecule is O=C(N=S1(=O)CCNc2ccccc21)OCc1ccccc1. The first-order valence-corrected chi connectivity index (χ1v) is 8.64. The van der Waals surface area contributed by atoms with Crippen LogP contribution in [0.1, 0.15) is 5.56 Å². The van der Waals surface area contributed by atoms with Crippen molar-refractivity contribution >= 4 is 21.5 Å². The molecule has 1 N–H and O–H groups in total. The number of para-hydroxylation sites is 1. The molecule has 6 heteroatoms. The molecule has 0 fully saturated rings. The molecule has 0 radical (unpaired) electrons. The number of anilines is 1. The van der Waals surface area contributed by atoms with Crippen LogP contribution in [-0.2, 0) is 21.1 Å². The van der Waals surface area contributed by atoms with Crippen molar-refractivity contribution in [3.63, 3.8) is 0 Å². The Morgan fingerprint density at radius 3 is 2.68 bits per heavy atom. The summed E-state index contributed by atoms with van der Waals surface area (Å²) >= 11 is 0. The molecule has 1 amide bonds. The van der Waals surface area contributed by atoms with E-state index >= 15 is 0 Å². The number of ether oxygens (including phenoxy) is 1. The Morgan fingerprint density at radius 1 is 1.14 bits per heavy atom. The quantitative estimate of drug-likeness (QED) is 0.923. The topological polar surface area (TPSA) is 67.8 Å². The second-order valence-electron chi connectivity index (χ2n) is 4.90. The predicted molar refractivity (Wildman–Crippen MR) is 85.3 cm³/mol. The minimum absolute atomic E-state index is 0.124. The van der Waals surface area contributed by atoms with Crippen LogP contribution in [0.25, 0.3) is 0 Å². The first kappa shape index (κ1) is 14.6. The molecule has 5 nitrogen and oxygen atoms in total. The van der Waals surface area contributed by atoms with Crippen molar-refractivity contribution < 1.29 is 13.7 Å². The number of carbonyl (C=O) groups excluding carboxylic acids is 1. The zero-order chi connectivity index (χ0) is 15.4. The summed E-state index contributed by atoms with van der Waals surface area (Å²) in [5, 5.41) is 3.16. The minimum Gasteiger partial charge on any atom is -0.443 e. The van der Waals surface area contributed by atoms with Gasteiger partial charge in [-0.3, -0.25) is 0 Å². The summed E-state index contributed by atoms with van der Waals surface area (Å²) in [6.45, 7) is 0.643. The van der Waals surface area contributed by atoms with Gasteiger partial charge in [-0.05, 0) is 17.7 Å². The van der Waals surface area contributed by atoms with E-state index in [1.165, 1.54) is 0 Å². The number of carbonyl (C=O) groups is 1. The van der Waals surface area contributed by atoms with Gasteiger partial charge >= 0.3 is 6.09 Å². The Labute approximate surface area is 129 Å². The van der Waals surface area contributed by atoms with Gasteiger partial charge in [0.15, 0.2) is 0 Å². The standard InChI is InChI=1S/C16H16N2O3S/c19-16(21-12-13-6-2-1-3-7-13)18-22(20)11-10-17-14-8-4-5-9-15(14)22/h1-9,17H,10-12H2. The second kappa shape index (κ2) is 6.19. The zero-order valence-corrected chi connectivity index (χ0v) is 12.7. The molecule has 0 bridgehead atoms. The number of hydrogen-bond donors (Lipinski definition) is 1. The molecule has 1 atom stereocenters. The molecular weight excluding hydrogens is 300 g/mol. The van der Waals surface area contributed by atoms with E-state index < -0.39 is 15.8 Å². The summed E-state index contributed by atoms with van der Waals surface area (Å²) in [7, 11) is -2.77. The number of benzene rings is 2. The number of rotatable bonds is 2. The van der Waals surface area contributed by atoms with Crippen LogP contribution >= 0.6 is 0 Å². The lowest BCUT2D eigenvalue weighted by Gasteiger charge is -2.20. The number of fused-ring (bicyclic) bond motifs is 1. The average molecular weight is 316 g/mol. The second-order valence-corrected chi connectivity index (χ2v) is 7.21. The maximum atomic E-state index is 12.9. The fraction of sp³-hybridized carbons (Fsp3) is 0.188. The summed E-state index contributed by atoms with van der Waals surface area (Å²) in [5.74, 6) is 0.296. The molecule has 1 heterocycles. The monoisotopic (exact) mass is 316 g/mol. The van der Waals surface area contributed by atoms with Gasteiger partial charge in [-0.2, -0.15) is 0 Å². The van der Waals surface area contributed by atoms with Crippen molar-refractivity contribution in [3.05, 3.63) is 60.2 Å². The Hall–Kier alpha value is -2.34. The molecule has 3 rings (SSSR count). The van der Waals surface area contributed by atoms with Gasteiger partial charge in [-0.1, -0.05) is 42.5 Å². The molecule has 0 aromatic heterocycles. The van der Waals surface area contributed by atoms with Gasteiger partial charge in [0.25, 0.3) is 0 Å². The summed E-state index contributed by atoms with van der Waals surface area (Å²) in [6.07, 6.45) is -0.787. The number of nitrogens with one attached hydrogen (secondary N) is 1. The van der Waals surface area contributed by atoms with E-state index in [0.29, 0.717) is 17.2 Å². The van der Waals surface area contributed by atoms with Crippen LogP contribution < -0.4 is 5.32 Å². The fourth-order valence-corrected chi connectivity index (χ4v) is 4.14. The molecule has 22 heavy (non-hydrogen) atoms. The van der Waals surface area contributed by atoms with Gasteiger partial charge in [0, 0.05) is 6.54 Å².